The third kappa shape index (κ3) is 3.72. The first-order valence-corrected chi connectivity index (χ1v) is 8.62. The summed E-state index contributed by atoms with van der Waals surface area (Å²) in [4.78, 5) is 25.6. The molecule has 0 aliphatic carbocycles. The van der Waals surface area contributed by atoms with Crippen molar-refractivity contribution in [1.29, 1.82) is 0 Å². The summed E-state index contributed by atoms with van der Waals surface area (Å²) < 4.78 is 0.416. The lowest BCUT2D eigenvalue weighted by Gasteiger charge is -2.15. The molecule has 1 heterocycles. The van der Waals surface area contributed by atoms with Crippen LogP contribution in [0.25, 0.3) is 6.08 Å². The first-order chi connectivity index (χ1) is 12.0. The van der Waals surface area contributed by atoms with Crippen molar-refractivity contribution in [3.05, 3.63) is 59.0 Å². The van der Waals surface area contributed by atoms with Crippen molar-refractivity contribution < 1.29 is 14.7 Å². The summed E-state index contributed by atoms with van der Waals surface area (Å²) in [7, 11) is 0. The van der Waals surface area contributed by atoms with Crippen molar-refractivity contribution >= 4 is 57.6 Å². The number of hydrogen-bond donors (Lipinski definition) is 2. The molecule has 0 saturated carbocycles. The Hall–Kier alpha value is -2.64. The van der Waals surface area contributed by atoms with Gasteiger partial charge in [0.25, 0.3) is 5.91 Å². The van der Waals surface area contributed by atoms with E-state index < -0.39 is 0 Å². The Morgan fingerprint density at radius 1 is 1.20 bits per heavy atom. The van der Waals surface area contributed by atoms with Crippen LogP contribution in [0.15, 0.2) is 53.4 Å². The van der Waals surface area contributed by atoms with E-state index in [0.29, 0.717) is 26.2 Å². The van der Waals surface area contributed by atoms with Crippen LogP contribution in [0.3, 0.4) is 0 Å². The van der Waals surface area contributed by atoms with Gasteiger partial charge in [0, 0.05) is 18.2 Å². The third-order valence-corrected chi connectivity index (χ3v) is 4.77. The smallest absolute Gasteiger partial charge is 0.270 e. The van der Waals surface area contributed by atoms with Crippen molar-refractivity contribution in [2.75, 3.05) is 10.2 Å². The summed E-state index contributed by atoms with van der Waals surface area (Å²) in [5, 5.41) is 12.5. The zero-order valence-electron chi connectivity index (χ0n) is 13.2. The largest absolute Gasteiger partial charge is 0.507 e. The van der Waals surface area contributed by atoms with Gasteiger partial charge in [-0.3, -0.25) is 14.5 Å². The van der Waals surface area contributed by atoms with Crippen molar-refractivity contribution in [3.63, 3.8) is 0 Å². The highest BCUT2D eigenvalue weighted by molar-refractivity contribution is 8.27. The summed E-state index contributed by atoms with van der Waals surface area (Å²) in [5.41, 5.74) is 1.83. The number of thiocarbonyl (C=S) groups is 1. The second-order valence-electron chi connectivity index (χ2n) is 5.30. The number of hydrogen-bond acceptors (Lipinski definition) is 5. The van der Waals surface area contributed by atoms with Crippen molar-refractivity contribution in [2.24, 2.45) is 0 Å². The average Bonchev–Trinajstić information content (AvgIpc) is 2.84. The number of nitrogens with zero attached hydrogens (tertiary/aromatic N) is 1. The van der Waals surface area contributed by atoms with Crippen LogP contribution in [-0.4, -0.2) is 21.2 Å². The molecule has 0 spiro atoms. The predicted octanol–water partition coefficient (Wildman–Crippen LogP) is 3.76. The topological polar surface area (TPSA) is 69.6 Å². The van der Waals surface area contributed by atoms with Gasteiger partial charge in [-0.15, -0.1) is 0 Å². The molecule has 0 unspecified atom stereocenters. The number of anilines is 2. The van der Waals surface area contributed by atoms with Gasteiger partial charge in [-0.25, -0.2) is 0 Å². The summed E-state index contributed by atoms with van der Waals surface area (Å²) in [6, 6.07) is 13.7. The normalized spacial score (nSPS) is 15.7. The van der Waals surface area contributed by atoms with Crippen LogP contribution < -0.4 is 10.2 Å². The van der Waals surface area contributed by atoms with E-state index in [1.54, 1.807) is 54.6 Å². The Bertz CT molecular complexity index is 891. The molecule has 5 nitrogen and oxygen atoms in total. The van der Waals surface area contributed by atoms with Gasteiger partial charge >= 0.3 is 0 Å². The first-order valence-electron chi connectivity index (χ1n) is 7.39. The van der Waals surface area contributed by atoms with E-state index in [2.05, 4.69) is 5.32 Å². The molecule has 0 bridgehead atoms. The molecule has 2 N–H and O–H groups in total. The highest BCUT2D eigenvalue weighted by atomic mass is 32.2. The molecule has 3 rings (SSSR count). The fraction of sp³-hybridized carbons (Fsp3) is 0.0556. The molecule has 2 aromatic carbocycles. The van der Waals surface area contributed by atoms with Gasteiger partial charge in [-0.1, -0.05) is 42.2 Å². The Kier molecular flexibility index (Phi) is 4.87. The molecule has 2 amide bonds. The maximum absolute atomic E-state index is 12.7. The SMILES string of the molecule is CC(=O)Nc1ccc(N2C(=O)/C(=C/c3ccccc3O)SC2=S)cc1. The Balaban J connectivity index is 1.87. The number of para-hydroxylation sites is 1. The Morgan fingerprint density at radius 3 is 2.52 bits per heavy atom. The number of amides is 2. The number of aromatic hydroxyl groups is 1. The quantitative estimate of drug-likeness (QED) is 0.636. The number of benzene rings is 2. The number of rotatable bonds is 3. The number of phenolic OH excluding ortho intramolecular Hbond substituents is 1. The highest BCUT2D eigenvalue weighted by Gasteiger charge is 2.33. The molecule has 1 aliphatic rings. The van der Waals surface area contributed by atoms with Crippen LogP contribution in [0, 0.1) is 0 Å². The van der Waals surface area contributed by atoms with Crippen LogP contribution in [-0.2, 0) is 9.59 Å². The van der Waals surface area contributed by atoms with E-state index in [1.165, 1.54) is 23.6 Å². The van der Waals surface area contributed by atoms with Gasteiger partial charge in [0.2, 0.25) is 5.91 Å². The number of nitrogens with one attached hydrogen (secondary N) is 1. The van der Waals surface area contributed by atoms with Gasteiger partial charge in [-0.05, 0) is 36.4 Å². The predicted molar refractivity (Wildman–Crippen MR) is 105 cm³/mol. The fourth-order valence-corrected chi connectivity index (χ4v) is 3.63. The van der Waals surface area contributed by atoms with Crippen LogP contribution in [0.4, 0.5) is 11.4 Å². The zero-order chi connectivity index (χ0) is 18.0. The van der Waals surface area contributed by atoms with Crippen LogP contribution in [0.1, 0.15) is 12.5 Å². The summed E-state index contributed by atoms with van der Waals surface area (Å²) in [6.07, 6.45) is 1.63. The molecule has 7 heteroatoms. The monoisotopic (exact) mass is 370 g/mol. The number of carbonyl (C=O) groups excluding carboxylic acids is 2. The second-order valence-corrected chi connectivity index (χ2v) is 6.98. The maximum atomic E-state index is 12.7. The molecule has 25 heavy (non-hydrogen) atoms. The van der Waals surface area contributed by atoms with Gasteiger partial charge in [0.1, 0.15) is 5.75 Å². The molecular weight excluding hydrogens is 356 g/mol. The summed E-state index contributed by atoms with van der Waals surface area (Å²) in [6.45, 7) is 1.43. The third-order valence-electron chi connectivity index (χ3n) is 3.46. The lowest BCUT2D eigenvalue weighted by molar-refractivity contribution is -0.114. The molecular formula is C18H14N2O3S2. The molecule has 0 aromatic heterocycles. The van der Waals surface area contributed by atoms with E-state index in [-0.39, 0.29) is 17.6 Å². The molecule has 0 atom stereocenters. The summed E-state index contributed by atoms with van der Waals surface area (Å²) in [5.74, 6) is -0.304. The van der Waals surface area contributed by atoms with Gasteiger partial charge in [0.15, 0.2) is 4.32 Å². The standard InChI is InChI=1S/C18H14N2O3S2/c1-11(21)19-13-6-8-14(9-7-13)20-17(23)16(25-18(20)24)10-12-4-2-3-5-15(12)22/h2-10,22H,1H3,(H,19,21)/b16-10-. The minimum absolute atomic E-state index is 0.104. The van der Waals surface area contributed by atoms with Crippen LogP contribution in [0.2, 0.25) is 0 Å². The Morgan fingerprint density at radius 2 is 1.88 bits per heavy atom. The van der Waals surface area contributed by atoms with E-state index in [0.717, 1.165) is 0 Å². The van der Waals surface area contributed by atoms with Crippen molar-refractivity contribution in [2.45, 2.75) is 6.92 Å². The number of carbonyl (C=O) groups is 2. The van der Waals surface area contributed by atoms with E-state index in [1.807, 2.05) is 0 Å². The molecule has 0 radical (unpaired) electrons. The Labute approximate surface area is 154 Å². The minimum Gasteiger partial charge on any atom is -0.507 e. The molecule has 1 aliphatic heterocycles. The maximum Gasteiger partial charge on any atom is 0.270 e. The van der Waals surface area contributed by atoms with E-state index >= 15 is 0 Å². The van der Waals surface area contributed by atoms with Crippen LogP contribution in [0.5, 0.6) is 5.75 Å². The number of phenols is 1. The van der Waals surface area contributed by atoms with Gasteiger partial charge in [-0.2, -0.15) is 0 Å². The zero-order valence-corrected chi connectivity index (χ0v) is 14.9. The molecule has 126 valence electrons. The average molecular weight is 370 g/mol. The van der Waals surface area contributed by atoms with Gasteiger partial charge in [0.05, 0.1) is 10.6 Å². The first kappa shape index (κ1) is 17.2. The highest BCUT2D eigenvalue weighted by Crippen LogP contribution is 2.37. The van der Waals surface area contributed by atoms with E-state index in [4.69, 9.17) is 12.2 Å². The van der Waals surface area contributed by atoms with Crippen molar-refractivity contribution in [1.82, 2.24) is 0 Å². The van der Waals surface area contributed by atoms with Crippen molar-refractivity contribution in [3.8, 4) is 5.75 Å². The lowest BCUT2D eigenvalue weighted by Crippen LogP contribution is -2.27. The van der Waals surface area contributed by atoms with E-state index in [9.17, 15) is 14.7 Å². The lowest BCUT2D eigenvalue weighted by atomic mass is 10.2. The minimum atomic E-state index is -0.245. The molecule has 2 aromatic rings. The molecule has 1 fully saturated rings. The second kappa shape index (κ2) is 7.08. The number of thioether (sulfide) groups is 1. The fourth-order valence-electron chi connectivity index (χ4n) is 2.34. The molecule has 1 saturated heterocycles. The van der Waals surface area contributed by atoms with Crippen LogP contribution >= 0.6 is 24.0 Å². The van der Waals surface area contributed by atoms with Gasteiger partial charge < -0.3 is 10.4 Å². The summed E-state index contributed by atoms with van der Waals surface area (Å²) >= 11 is 6.51.